The number of benzene rings is 3. The van der Waals surface area contributed by atoms with Crippen molar-refractivity contribution in [2.24, 2.45) is 0 Å². The molecule has 3 aromatic carbocycles. The SMILES string of the molecule is Cc1ccc(S(=O)(=O)c2ccc(-c3ccc([N+](=O)[O-])cc3)cc2)cc1. The molecule has 25 heavy (non-hydrogen) atoms. The summed E-state index contributed by atoms with van der Waals surface area (Å²) in [5, 5.41) is 10.7. The van der Waals surface area contributed by atoms with Crippen LogP contribution in [0.15, 0.2) is 82.6 Å². The number of nitrogens with zero attached hydrogens (tertiary/aromatic N) is 1. The highest BCUT2D eigenvalue weighted by atomic mass is 32.2. The van der Waals surface area contributed by atoms with E-state index in [1.54, 1.807) is 60.7 Å². The van der Waals surface area contributed by atoms with Crippen molar-refractivity contribution in [3.05, 3.63) is 88.5 Å². The predicted molar refractivity (Wildman–Crippen MR) is 95.2 cm³/mol. The zero-order valence-corrected chi connectivity index (χ0v) is 14.2. The molecule has 0 saturated carbocycles. The molecule has 0 atom stereocenters. The molecule has 0 fully saturated rings. The summed E-state index contributed by atoms with van der Waals surface area (Å²) in [7, 11) is -3.56. The molecule has 0 bridgehead atoms. The minimum Gasteiger partial charge on any atom is -0.258 e. The van der Waals surface area contributed by atoms with E-state index in [0.717, 1.165) is 16.7 Å². The van der Waals surface area contributed by atoms with Gasteiger partial charge in [-0.1, -0.05) is 29.8 Å². The summed E-state index contributed by atoms with van der Waals surface area (Å²) in [5.41, 5.74) is 2.58. The first-order valence-corrected chi connectivity index (χ1v) is 9.03. The lowest BCUT2D eigenvalue weighted by atomic mass is 10.1. The van der Waals surface area contributed by atoms with E-state index >= 15 is 0 Å². The van der Waals surface area contributed by atoms with E-state index in [1.165, 1.54) is 12.1 Å². The lowest BCUT2D eigenvalue weighted by molar-refractivity contribution is -0.384. The molecule has 5 nitrogen and oxygen atoms in total. The number of rotatable bonds is 4. The van der Waals surface area contributed by atoms with Crippen molar-refractivity contribution in [3.8, 4) is 11.1 Å². The summed E-state index contributed by atoms with van der Waals surface area (Å²) in [6.07, 6.45) is 0. The minimum absolute atomic E-state index is 0.0160. The Morgan fingerprint density at radius 1 is 0.720 bits per heavy atom. The van der Waals surface area contributed by atoms with Gasteiger partial charge in [-0.05, 0) is 54.4 Å². The third-order valence-corrected chi connectivity index (χ3v) is 5.69. The average molecular weight is 353 g/mol. The zero-order valence-electron chi connectivity index (χ0n) is 13.4. The van der Waals surface area contributed by atoms with Gasteiger partial charge in [-0.15, -0.1) is 0 Å². The molecular formula is C19H15NO4S. The van der Waals surface area contributed by atoms with Gasteiger partial charge in [0.1, 0.15) is 0 Å². The molecule has 0 aliphatic rings. The Hall–Kier alpha value is -2.99. The first kappa shape index (κ1) is 16.9. The molecule has 3 rings (SSSR count). The van der Waals surface area contributed by atoms with Gasteiger partial charge in [-0.25, -0.2) is 8.42 Å². The Kier molecular flexibility index (Phi) is 4.37. The molecule has 6 heteroatoms. The van der Waals surface area contributed by atoms with Crippen LogP contribution in [-0.2, 0) is 9.84 Å². The standard InChI is InChI=1S/C19H15NO4S/c1-14-2-10-18(11-3-14)25(23,24)19-12-6-16(7-13-19)15-4-8-17(9-5-15)20(21)22/h2-13H,1H3. The molecule has 0 radical (unpaired) electrons. The van der Waals surface area contributed by atoms with Crippen molar-refractivity contribution < 1.29 is 13.3 Å². The van der Waals surface area contributed by atoms with Gasteiger partial charge in [0.15, 0.2) is 0 Å². The van der Waals surface area contributed by atoms with Crippen LogP contribution in [0.25, 0.3) is 11.1 Å². The molecule has 3 aromatic rings. The maximum atomic E-state index is 12.6. The Morgan fingerprint density at radius 3 is 1.56 bits per heavy atom. The molecule has 0 aliphatic heterocycles. The predicted octanol–water partition coefficient (Wildman–Crippen LogP) is 4.40. The van der Waals surface area contributed by atoms with E-state index in [9.17, 15) is 18.5 Å². The van der Waals surface area contributed by atoms with E-state index in [4.69, 9.17) is 0 Å². The summed E-state index contributed by atoms with van der Waals surface area (Å²) in [5.74, 6) is 0. The van der Waals surface area contributed by atoms with Gasteiger partial charge < -0.3 is 0 Å². The maximum absolute atomic E-state index is 12.6. The minimum atomic E-state index is -3.56. The average Bonchev–Trinajstić information content (AvgIpc) is 2.62. The van der Waals surface area contributed by atoms with Gasteiger partial charge in [-0.2, -0.15) is 0 Å². The first-order valence-electron chi connectivity index (χ1n) is 7.54. The Bertz CT molecular complexity index is 1010. The van der Waals surface area contributed by atoms with Crippen molar-refractivity contribution in [1.29, 1.82) is 0 Å². The molecule has 126 valence electrons. The summed E-state index contributed by atoms with van der Waals surface area (Å²) >= 11 is 0. The molecule has 0 heterocycles. The topological polar surface area (TPSA) is 77.3 Å². The van der Waals surface area contributed by atoms with Gasteiger partial charge in [0.25, 0.3) is 5.69 Å². The van der Waals surface area contributed by atoms with Crippen molar-refractivity contribution >= 4 is 15.5 Å². The number of hydrogen-bond acceptors (Lipinski definition) is 4. The maximum Gasteiger partial charge on any atom is 0.269 e. The van der Waals surface area contributed by atoms with Gasteiger partial charge >= 0.3 is 0 Å². The second kappa shape index (κ2) is 6.49. The lowest BCUT2D eigenvalue weighted by Gasteiger charge is -2.07. The first-order chi connectivity index (χ1) is 11.9. The number of aryl methyl sites for hydroxylation is 1. The largest absolute Gasteiger partial charge is 0.269 e. The quantitative estimate of drug-likeness (QED) is 0.514. The van der Waals surface area contributed by atoms with Crippen LogP contribution in [0.3, 0.4) is 0 Å². The summed E-state index contributed by atoms with van der Waals surface area (Å²) in [6.45, 7) is 1.90. The van der Waals surface area contributed by atoms with Crippen LogP contribution in [0, 0.1) is 17.0 Å². The molecule has 0 unspecified atom stereocenters. The smallest absolute Gasteiger partial charge is 0.258 e. The molecule has 0 aromatic heterocycles. The second-order valence-corrected chi connectivity index (χ2v) is 7.59. The third kappa shape index (κ3) is 3.44. The van der Waals surface area contributed by atoms with Crippen LogP contribution in [0.2, 0.25) is 0 Å². The highest BCUT2D eigenvalue weighted by Crippen LogP contribution is 2.26. The van der Waals surface area contributed by atoms with Crippen LogP contribution < -0.4 is 0 Å². The lowest BCUT2D eigenvalue weighted by Crippen LogP contribution is -2.01. The second-order valence-electron chi connectivity index (χ2n) is 5.64. The molecule has 0 amide bonds. The van der Waals surface area contributed by atoms with Gasteiger partial charge in [0.05, 0.1) is 14.7 Å². The van der Waals surface area contributed by atoms with Crippen LogP contribution >= 0.6 is 0 Å². The van der Waals surface area contributed by atoms with E-state index in [0.29, 0.717) is 0 Å². The van der Waals surface area contributed by atoms with Crippen LogP contribution in [0.4, 0.5) is 5.69 Å². The van der Waals surface area contributed by atoms with Gasteiger partial charge in [-0.3, -0.25) is 10.1 Å². The van der Waals surface area contributed by atoms with E-state index < -0.39 is 14.8 Å². The van der Waals surface area contributed by atoms with Crippen LogP contribution in [0.5, 0.6) is 0 Å². The number of nitro benzene ring substituents is 1. The number of non-ortho nitro benzene ring substituents is 1. The fourth-order valence-electron chi connectivity index (χ4n) is 2.46. The molecule has 0 spiro atoms. The van der Waals surface area contributed by atoms with Crippen molar-refractivity contribution in [2.75, 3.05) is 0 Å². The monoisotopic (exact) mass is 353 g/mol. The van der Waals surface area contributed by atoms with Crippen LogP contribution in [-0.4, -0.2) is 13.3 Å². The fourth-order valence-corrected chi connectivity index (χ4v) is 3.72. The normalized spacial score (nSPS) is 11.2. The molecular weight excluding hydrogens is 338 g/mol. The van der Waals surface area contributed by atoms with Crippen molar-refractivity contribution in [1.82, 2.24) is 0 Å². The third-order valence-electron chi connectivity index (χ3n) is 3.91. The Morgan fingerprint density at radius 2 is 1.12 bits per heavy atom. The van der Waals surface area contributed by atoms with Gasteiger partial charge in [0.2, 0.25) is 9.84 Å². The number of hydrogen-bond donors (Lipinski definition) is 0. The Balaban J connectivity index is 1.91. The molecule has 0 N–H and O–H groups in total. The molecule has 0 aliphatic carbocycles. The van der Waals surface area contributed by atoms with Gasteiger partial charge in [0, 0.05) is 12.1 Å². The number of sulfone groups is 1. The van der Waals surface area contributed by atoms with Crippen molar-refractivity contribution in [3.63, 3.8) is 0 Å². The fraction of sp³-hybridized carbons (Fsp3) is 0.0526. The highest BCUT2D eigenvalue weighted by Gasteiger charge is 2.17. The summed E-state index contributed by atoms with van der Waals surface area (Å²) in [4.78, 5) is 10.7. The van der Waals surface area contributed by atoms with E-state index in [-0.39, 0.29) is 15.5 Å². The van der Waals surface area contributed by atoms with Crippen LogP contribution in [0.1, 0.15) is 5.56 Å². The highest BCUT2D eigenvalue weighted by molar-refractivity contribution is 7.91. The van der Waals surface area contributed by atoms with Crippen molar-refractivity contribution in [2.45, 2.75) is 16.7 Å². The Labute approximate surface area is 145 Å². The zero-order chi connectivity index (χ0) is 18.0. The van der Waals surface area contributed by atoms with E-state index in [1.807, 2.05) is 6.92 Å². The summed E-state index contributed by atoms with van der Waals surface area (Å²) in [6, 6.07) is 19.3. The number of nitro groups is 1. The van der Waals surface area contributed by atoms with E-state index in [2.05, 4.69) is 0 Å². The molecule has 0 saturated heterocycles. The summed E-state index contributed by atoms with van der Waals surface area (Å²) < 4.78 is 25.3.